The van der Waals surface area contributed by atoms with Crippen molar-refractivity contribution in [3.05, 3.63) is 27.7 Å². The Morgan fingerprint density at radius 3 is 2.06 bits per heavy atom. The zero-order valence-corrected chi connectivity index (χ0v) is 11.5. The lowest BCUT2D eigenvalue weighted by atomic mass is 10.1. The highest BCUT2D eigenvalue weighted by molar-refractivity contribution is 6.41. The third-order valence-corrected chi connectivity index (χ3v) is 2.78. The molecule has 1 aromatic rings. The Kier molecular flexibility index (Phi) is 4.80. The Bertz CT molecular complexity index is 449. The minimum atomic E-state index is -0.659. The van der Waals surface area contributed by atoms with Gasteiger partial charge in [-0.3, -0.25) is 9.59 Å². The number of hydrogen-bond donors (Lipinski definition) is 1. The van der Waals surface area contributed by atoms with E-state index in [4.69, 9.17) is 34.8 Å². The number of rotatable bonds is 3. The molecule has 17 heavy (non-hydrogen) atoms. The van der Waals surface area contributed by atoms with Gasteiger partial charge in [-0.15, -0.1) is 11.6 Å². The summed E-state index contributed by atoms with van der Waals surface area (Å²) in [5.41, 5.74) is 0.608. The summed E-state index contributed by atoms with van der Waals surface area (Å²) in [5.74, 6) is -0.566. The number of carbonyl (C=O) groups excluding carboxylic acids is 2. The summed E-state index contributed by atoms with van der Waals surface area (Å²) in [6.07, 6.45) is 0. The molecular weight excluding hydrogens is 284 g/mol. The molecule has 0 heterocycles. The molecule has 0 fully saturated rings. The van der Waals surface area contributed by atoms with Crippen LogP contribution < -0.4 is 5.32 Å². The molecule has 0 radical (unpaired) electrons. The van der Waals surface area contributed by atoms with Gasteiger partial charge < -0.3 is 5.32 Å². The Labute approximate surface area is 114 Å². The van der Waals surface area contributed by atoms with Crippen molar-refractivity contribution < 1.29 is 9.59 Å². The van der Waals surface area contributed by atoms with Crippen LogP contribution in [0.4, 0.5) is 5.69 Å². The molecule has 0 aliphatic carbocycles. The standard InChI is InChI=1S/C11H10Cl3NO2/c1-5(12)11(17)7-3-8(13)10(9(14)4-7)15-6(2)16/h3-5H,1-2H3,(H,15,16). The normalized spacial score (nSPS) is 12.1. The third-order valence-electron chi connectivity index (χ3n) is 1.99. The number of amides is 1. The van der Waals surface area contributed by atoms with Crippen LogP contribution in [-0.4, -0.2) is 17.1 Å². The predicted octanol–water partition coefficient (Wildman–Crippen LogP) is 3.76. The highest BCUT2D eigenvalue weighted by Crippen LogP contribution is 2.32. The second-order valence-electron chi connectivity index (χ2n) is 3.48. The van der Waals surface area contributed by atoms with Gasteiger partial charge in [-0.05, 0) is 19.1 Å². The van der Waals surface area contributed by atoms with Crippen LogP contribution in [0.5, 0.6) is 0 Å². The Morgan fingerprint density at radius 2 is 1.71 bits per heavy atom. The van der Waals surface area contributed by atoms with E-state index in [0.717, 1.165) is 0 Å². The van der Waals surface area contributed by atoms with Gasteiger partial charge in [0.1, 0.15) is 0 Å². The highest BCUT2D eigenvalue weighted by atomic mass is 35.5. The smallest absolute Gasteiger partial charge is 0.221 e. The van der Waals surface area contributed by atoms with Gasteiger partial charge in [0.2, 0.25) is 5.91 Å². The molecule has 1 rings (SSSR count). The molecule has 0 bridgehead atoms. The average Bonchev–Trinajstić information content (AvgIpc) is 2.21. The maximum Gasteiger partial charge on any atom is 0.221 e. The molecule has 1 aromatic carbocycles. The molecule has 0 spiro atoms. The van der Waals surface area contributed by atoms with Crippen LogP contribution >= 0.6 is 34.8 Å². The van der Waals surface area contributed by atoms with Crippen molar-refractivity contribution in [1.29, 1.82) is 0 Å². The van der Waals surface area contributed by atoms with Crippen LogP contribution in [0.15, 0.2) is 12.1 Å². The predicted molar refractivity (Wildman–Crippen MR) is 70.4 cm³/mol. The molecular formula is C11H10Cl3NO2. The van der Waals surface area contributed by atoms with Crippen LogP contribution in [0.3, 0.4) is 0 Å². The van der Waals surface area contributed by atoms with Crippen LogP contribution in [0.2, 0.25) is 10.0 Å². The molecule has 0 aliphatic heterocycles. The molecule has 1 N–H and O–H groups in total. The minimum absolute atomic E-state index is 0.202. The number of benzene rings is 1. The minimum Gasteiger partial charge on any atom is -0.324 e. The molecule has 0 saturated heterocycles. The summed E-state index contributed by atoms with van der Waals surface area (Å²) < 4.78 is 0. The van der Waals surface area contributed by atoms with Crippen LogP contribution in [0.1, 0.15) is 24.2 Å². The van der Waals surface area contributed by atoms with E-state index in [0.29, 0.717) is 11.3 Å². The zero-order chi connectivity index (χ0) is 13.2. The molecule has 0 aromatic heterocycles. The van der Waals surface area contributed by atoms with Crippen molar-refractivity contribution >= 4 is 52.2 Å². The third kappa shape index (κ3) is 3.60. The number of Topliss-reactive ketones (excluding diaryl/α,β-unsaturated/α-hetero) is 1. The van der Waals surface area contributed by atoms with Crippen LogP contribution in [-0.2, 0) is 4.79 Å². The molecule has 6 heteroatoms. The number of anilines is 1. The van der Waals surface area contributed by atoms with Crippen molar-refractivity contribution in [2.75, 3.05) is 5.32 Å². The zero-order valence-electron chi connectivity index (χ0n) is 9.18. The first-order valence-electron chi connectivity index (χ1n) is 4.78. The highest BCUT2D eigenvalue weighted by Gasteiger charge is 2.16. The van der Waals surface area contributed by atoms with Gasteiger partial charge in [0.15, 0.2) is 5.78 Å². The van der Waals surface area contributed by atoms with E-state index in [2.05, 4.69) is 5.32 Å². The molecule has 92 valence electrons. The molecule has 1 amide bonds. The summed E-state index contributed by atoms with van der Waals surface area (Å²) in [4.78, 5) is 22.6. The first-order chi connectivity index (χ1) is 7.82. The van der Waals surface area contributed by atoms with E-state index in [9.17, 15) is 9.59 Å². The first kappa shape index (κ1) is 14.3. The quantitative estimate of drug-likeness (QED) is 0.681. The van der Waals surface area contributed by atoms with E-state index in [1.807, 2.05) is 0 Å². The average molecular weight is 295 g/mol. The Morgan fingerprint density at radius 1 is 1.24 bits per heavy atom. The maximum absolute atomic E-state index is 11.6. The number of nitrogens with one attached hydrogen (secondary N) is 1. The number of halogens is 3. The summed E-state index contributed by atoms with van der Waals surface area (Å²) in [5, 5.41) is 2.24. The van der Waals surface area contributed by atoms with Gasteiger partial charge in [0.25, 0.3) is 0 Å². The molecule has 3 nitrogen and oxygen atoms in total. The summed E-state index contributed by atoms with van der Waals surface area (Å²) >= 11 is 17.6. The Balaban J connectivity index is 3.18. The second-order valence-corrected chi connectivity index (χ2v) is 4.95. The SMILES string of the molecule is CC(=O)Nc1c(Cl)cc(C(=O)C(C)Cl)cc1Cl. The summed E-state index contributed by atoms with van der Waals surface area (Å²) in [6, 6.07) is 2.86. The molecule has 0 saturated carbocycles. The number of hydrogen-bond acceptors (Lipinski definition) is 2. The number of alkyl halides is 1. The fraction of sp³-hybridized carbons (Fsp3) is 0.273. The van der Waals surface area contributed by atoms with Crippen LogP contribution in [0.25, 0.3) is 0 Å². The Hall–Kier alpha value is -0.770. The lowest BCUT2D eigenvalue weighted by molar-refractivity contribution is -0.114. The monoisotopic (exact) mass is 293 g/mol. The van der Waals surface area contributed by atoms with Gasteiger partial charge in [-0.2, -0.15) is 0 Å². The summed E-state index contributed by atoms with van der Waals surface area (Å²) in [6.45, 7) is 2.90. The van der Waals surface area contributed by atoms with Gasteiger partial charge in [0.05, 0.1) is 21.1 Å². The van der Waals surface area contributed by atoms with Crippen molar-refractivity contribution in [1.82, 2.24) is 0 Å². The second kappa shape index (κ2) is 5.71. The van der Waals surface area contributed by atoms with E-state index >= 15 is 0 Å². The van der Waals surface area contributed by atoms with Gasteiger partial charge >= 0.3 is 0 Å². The molecule has 1 atom stereocenters. The maximum atomic E-state index is 11.6. The van der Waals surface area contributed by atoms with Gasteiger partial charge in [-0.25, -0.2) is 0 Å². The number of carbonyl (C=O) groups is 2. The molecule has 0 aliphatic rings. The van der Waals surface area contributed by atoms with E-state index in [1.54, 1.807) is 6.92 Å². The van der Waals surface area contributed by atoms with E-state index in [1.165, 1.54) is 19.1 Å². The number of ketones is 1. The van der Waals surface area contributed by atoms with E-state index < -0.39 is 5.38 Å². The van der Waals surface area contributed by atoms with Crippen LogP contribution in [0, 0.1) is 0 Å². The van der Waals surface area contributed by atoms with Crippen molar-refractivity contribution in [2.24, 2.45) is 0 Å². The fourth-order valence-corrected chi connectivity index (χ4v) is 1.95. The lowest BCUT2D eigenvalue weighted by Gasteiger charge is -2.10. The van der Waals surface area contributed by atoms with Crippen molar-refractivity contribution in [3.63, 3.8) is 0 Å². The lowest BCUT2D eigenvalue weighted by Crippen LogP contribution is -2.12. The summed E-state index contributed by atoms with van der Waals surface area (Å²) in [7, 11) is 0. The fourth-order valence-electron chi connectivity index (χ4n) is 1.24. The topological polar surface area (TPSA) is 46.2 Å². The van der Waals surface area contributed by atoms with Crippen molar-refractivity contribution in [3.8, 4) is 0 Å². The van der Waals surface area contributed by atoms with Gasteiger partial charge in [-0.1, -0.05) is 23.2 Å². The largest absolute Gasteiger partial charge is 0.324 e. The molecule has 1 unspecified atom stereocenters. The van der Waals surface area contributed by atoms with Crippen molar-refractivity contribution in [2.45, 2.75) is 19.2 Å². The van der Waals surface area contributed by atoms with E-state index in [-0.39, 0.29) is 21.7 Å². The van der Waals surface area contributed by atoms with Gasteiger partial charge in [0, 0.05) is 12.5 Å². The first-order valence-corrected chi connectivity index (χ1v) is 5.97.